The lowest BCUT2D eigenvalue weighted by Gasteiger charge is -2.26. The summed E-state index contributed by atoms with van der Waals surface area (Å²) in [6.45, 7) is 1.54. The maximum Gasteiger partial charge on any atom is 0.252 e. The van der Waals surface area contributed by atoms with Crippen molar-refractivity contribution in [2.24, 2.45) is 0 Å². The maximum absolute atomic E-state index is 13.7. The highest BCUT2D eigenvalue weighted by Gasteiger charge is 2.40. The monoisotopic (exact) mass is 344 g/mol. The number of alkyl halides is 1. The molecule has 4 nitrogen and oxygen atoms in total. The molecule has 0 aromatic carbocycles. The molecule has 122 valence electrons. The van der Waals surface area contributed by atoms with Crippen LogP contribution in [-0.2, 0) is 11.3 Å². The summed E-state index contributed by atoms with van der Waals surface area (Å²) in [5.74, 6) is 0.953. The Morgan fingerprint density at radius 2 is 2.45 bits per heavy atom. The summed E-state index contributed by atoms with van der Waals surface area (Å²) in [4.78, 5) is 15.4. The maximum atomic E-state index is 13.7. The van der Waals surface area contributed by atoms with Crippen molar-refractivity contribution in [1.82, 2.24) is 10.2 Å². The van der Waals surface area contributed by atoms with E-state index in [0.29, 0.717) is 31.7 Å². The number of thioether (sulfide) groups is 1. The predicted molar refractivity (Wildman–Crippen MR) is 87.9 cm³/mol. The second-order valence-electron chi connectivity index (χ2n) is 6.04. The molecule has 2 aliphatic heterocycles. The zero-order chi connectivity index (χ0) is 15.6. The Balaban J connectivity index is 1.54. The lowest BCUT2D eigenvalue weighted by Crippen LogP contribution is -2.50. The van der Waals surface area contributed by atoms with Crippen molar-refractivity contribution in [2.75, 3.05) is 24.6 Å². The number of likely N-dealkylation sites (tertiary alicyclic amines) is 1. The third-order valence-corrected chi connectivity index (χ3v) is 6.37. The summed E-state index contributed by atoms with van der Waals surface area (Å²) in [6, 6.07) is 4.04. The number of thiophene rings is 1. The molecule has 7 heteroatoms. The third-order valence-electron chi connectivity index (χ3n) is 4.34. The molecule has 3 rings (SSSR count). The van der Waals surface area contributed by atoms with Crippen LogP contribution in [0, 0.1) is 0 Å². The van der Waals surface area contributed by atoms with Crippen LogP contribution in [0.25, 0.3) is 0 Å². The lowest BCUT2D eigenvalue weighted by atomic mass is 10.0. The minimum Gasteiger partial charge on any atom is -0.379 e. The van der Waals surface area contributed by atoms with E-state index in [1.54, 1.807) is 23.1 Å². The Hall–Kier alpha value is -0.630. The summed E-state index contributed by atoms with van der Waals surface area (Å²) in [7, 11) is 0. The molecule has 1 aromatic heterocycles. The van der Waals surface area contributed by atoms with Crippen LogP contribution in [0.4, 0.5) is 4.39 Å². The second-order valence-corrected chi connectivity index (χ2v) is 8.18. The molecule has 0 bridgehead atoms. The van der Waals surface area contributed by atoms with Crippen molar-refractivity contribution in [3.8, 4) is 0 Å². The van der Waals surface area contributed by atoms with Crippen LogP contribution in [0.3, 0.4) is 0 Å². The molecule has 1 amide bonds. The number of aliphatic hydroxyl groups is 1. The number of carbonyl (C=O) groups excluding carboxylic acids is 1. The minimum absolute atomic E-state index is 0.00120. The highest BCUT2D eigenvalue weighted by atomic mass is 32.2. The van der Waals surface area contributed by atoms with E-state index in [4.69, 9.17) is 0 Å². The zero-order valence-electron chi connectivity index (χ0n) is 12.3. The van der Waals surface area contributed by atoms with E-state index in [-0.39, 0.29) is 11.9 Å². The van der Waals surface area contributed by atoms with Gasteiger partial charge in [-0.05, 0) is 30.0 Å². The Morgan fingerprint density at radius 1 is 1.59 bits per heavy atom. The second kappa shape index (κ2) is 6.86. The van der Waals surface area contributed by atoms with E-state index in [0.717, 1.165) is 12.3 Å². The molecule has 0 aliphatic carbocycles. The van der Waals surface area contributed by atoms with Gasteiger partial charge in [0.2, 0.25) is 0 Å². The van der Waals surface area contributed by atoms with Crippen molar-refractivity contribution in [3.63, 3.8) is 0 Å². The number of carbonyl (C=O) groups is 1. The molecule has 0 spiro atoms. The van der Waals surface area contributed by atoms with Gasteiger partial charge in [0.1, 0.15) is 6.17 Å². The molecule has 0 radical (unpaired) electrons. The number of nitrogens with one attached hydrogen (secondary N) is 1. The van der Waals surface area contributed by atoms with E-state index >= 15 is 0 Å². The summed E-state index contributed by atoms with van der Waals surface area (Å²) < 4.78 is 13.7. The largest absolute Gasteiger partial charge is 0.379 e. The number of nitrogens with zero attached hydrogens (tertiary/aromatic N) is 1. The molecule has 0 saturated carbocycles. The highest BCUT2D eigenvalue weighted by Crippen LogP contribution is 2.28. The third kappa shape index (κ3) is 3.64. The number of halogens is 1. The van der Waals surface area contributed by atoms with Crippen molar-refractivity contribution < 1.29 is 14.3 Å². The van der Waals surface area contributed by atoms with Gasteiger partial charge in [-0.3, -0.25) is 9.69 Å². The van der Waals surface area contributed by atoms with E-state index < -0.39 is 11.8 Å². The Bertz CT molecular complexity index is 506. The fraction of sp³-hybridized carbons (Fsp3) is 0.667. The molecule has 2 aliphatic rings. The molecule has 2 N–H and O–H groups in total. The average molecular weight is 344 g/mol. The summed E-state index contributed by atoms with van der Waals surface area (Å²) in [5, 5.41) is 15.1. The van der Waals surface area contributed by atoms with Crippen molar-refractivity contribution in [2.45, 2.75) is 37.2 Å². The van der Waals surface area contributed by atoms with Gasteiger partial charge in [-0.15, -0.1) is 11.3 Å². The molecule has 1 aromatic rings. The Labute approximate surface area is 138 Å². The smallest absolute Gasteiger partial charge is 0.252 e. The van der Waals surface area contributed by atoms with Gasteiger partial charge in [0.15, 0.2) is 5.60 Å². The van der Waals surface area contributed by atoms with Gasteiger partial charge >= 0.3 is 0 Å². The van der Waals surface area contributed by atoms with E-state index in [9.17, 15) is 14.3 Å². The topological polar surface area (TPSA) is 52.6 Å². The standard InChI is InChI=1S/C15H21FN2O2S2/c16-11-6-12(18(8-11)9-13-2-1-4-22-13)7-17-14(19)15(20)3-5-21-10-15/h1-2,4,11-12,20H,3,5-10H2,(H,17,19)/t11-,12-,15+/m0/s1. The first-order valence-corrected chi connectivity index (χ1v) is 9.59. The molecule has 22 heavy (non-hydrogen) atoms. The van der Waals surface area contributed by atoms with Gasteiger partial charge in [0.25, 0.3) is 5.91 Å². The summed E-state index contributed by atoms with van der Waals surface area (Å²) in [6.07, 6.45) is 0.101. The first-order valence-electron chi connectivity index (χ1n) is 7.56. The fourth-order valence-electron chi connectivity index (χ4n) is 3.04. The molecular weight excluding hydrogens is 323 g/mol. The first-order chi connectivity index (χ1) is 10.6. The number of rotatable bonds is 5. The minimum atomic E-state index is -1.24. The van der Waals surface area contributed by atoms with Gasteiger partial charge in [-0.1, -0.05) is 6.07 Å². The number of hydrogen-bond donors (Lipinski definition) is 2. The normalized spacial score (nSPS) is 32.5. The zero-order valence-corrected chi connectivity index (χ0v) is 14.0. The highest BCUT2D eigenvalue weighted by molar-refractivity contribution is 7.99. The van der Waals surface area contributed by atoms with Crippen molar-refractivity contribution >= 4 is 29.0 Å². The number of hydrogen-bond acceptors (Lipinski definition) is 5. The molecule has 2 saturated heterocycles. The molecule has 0 unspecified atom stereocenters. The van der Waals surface area contributed by atoms with Crippen LogP contribution in [-0.4, -0.2) is 58.3 Å². The van der Waals surface area contributed by atoms with Crippen molar-refractivity contribution in [1.29, 1.82) is 0 Å². The average Bonchev–Trinajstić information content (AvgIpc) is 3.20. The Kier molecular flexibility index (Phi) is 5.07. The predicted octanol–water partition coefficient (Wildman–Crippen LogP) is 1.64. The number of amides is 1. The first kappa shape index (κ1) is 16.2. The van der Waals surface area contributed by atoms with Crippen LogP contribution in [0.1, 0.15) is 17.7 Å². The van der Waals surface area contributed by atoms with Gasteiger partial charge in [-0.2, -0.15) is 11.8 Å². The van der Waals surface area contributed by atoms with Crippen LogP contribution in [0.2, 0.25) is 0 Å². The fourth-order valence-corrected chi connectivity index (χ4v) is 5.01. The van der Waals surface area contributed by atoms with E-state index in [1.165, 1.54) is 4.88 Å². The van der Waals surface area contributed by atoms with Crippen LogP contribution < -0.4 is 5.32 Å². The van der Waals surface area contributed by atoms with Gasteiger partial charge < -0.3 is 10.4 Å². The van der Waals surface area contributed by atoms with Crippen LogP contribution in [0.5, 0.6) is 0 Å². The molecule has 2 fully saturated rings. The van der Waals surface area contributed by atoms with Crippen molar-refractivity contribution in [3.05, 3.63) is 22.4 Å². The summed E-state index contributed by atoms with van der Waals surface area (Å²) in [5.41, 5.74) is -1.24. The van der Waals surface area contributed by atoms with Crippen LogP contribution in [0.15, 0.2) is 17.5 Å². The van der Waals surface area contributed by atoms with Crippen LogP contribution >= 0.6 is 23.1 Å². The van der Waals surface area contributed by atoms with E-state index in [2.05, 4.69) is 10.2 Å². The molecular formula is C15H21FN2O2S2. The Morgan fingerprint density at radius 3 is 3.14 bits per heavy atom. The van der Waals surface area contributed by atoms with Gasteiger partial charge in [-0.25, -0.2) is 4.39 Å². The molecule has 3 atom stereocenters. The lowest BCUT2D eigenvalue weighted by molar-refractivity contribution is -0.137. The van der Waals surface area contributed by atoms with E-state index in [1.807, 2.05) is 17.5 Å². The molecule has 3 heterocycles. The van der Waals surface area contributed by atoms with Gasteiger partial charge in [0.05, 0.1) is 0 Å². The SMILES string of the molecule is O=C(NC[C@@H]1C[C@H](F)CN1Cc1cccs1)[C@@]1(O)CCSC1. The summed E-state index contributed by atoms with van der Waals surface area (Å²) >= 11 is 3.25. The van der Waals surface area contributed by atoms with Gasteiger partial charge in [0, 0.05) is 36.3 Å². The quantitative estimate of drug-likeness (QED) is 0.853.